The van der Waals surface area contributed by atoms with Gasteiger partial charge < -0.3 is 5.32 Å². The number of benzene rings is 1. The number of rotatable bonds is 4. The van der Waals surface area contributed by atoms with Crippen molar-refractivity contribution < 1.29 is 18.0 Å². The normalized spacial score (nSPS) is 12.3. The van der Waals surface area contributed by atoms with Crippen LogP contribution in [0.2, 0.25) is 0 Å². The van der Waals surface area contributed by atoms with Gasteiger partial charge in [0.15, 0.2) is 0 Å². The second-order valence-electron chi connectivity index (χ2n) is 3.50. The summed E-state index contributed by atoms with van der Waals surface area (Å²) in [7, 11) is 0. The third-order valence-electron chi connectivity index (χ3n) is 2.01. The fourth-order valence-electron chi connectivity index (χ4n) is 1.24. The summed E-state index contributed by atoms with van der Waals surface area (Å²) in [6, 6.07) is 8.52. The molecule has 0 radical (unpaired) electrons. The van der Waals surface area contributed by atoms with Crippen molar-refractivity contribution in [2.75, 3.05) is 6.54 Å². The van der Waals surface area contributed by atoms with Crippen LogP contribution in [0.5, 0.6) is 0 Å². The molecule has 0 aliphatic heterocycles. The van der Waals surface area contributed by atoms with Crippen LogP contribution in [0.3, 0.4) is 0 Å². The van der Waals surface area contributed by atoms with Crippen molar-refractivity contribution in [3.05, 3.63) is 45.6 Å². The highest BCUT2D eigenvalue weighted by Crippen LogP contribution is 2.23. The zero-order valence-corrected chi connectivity index (χ0v) is 11.5. The zero-order valence-electron chi connectivity index (χ0n) is 9.30. The van der Waals surface area contributed by atoms with Gasteiger partial charge in [-0.05, 0) is 44.7 Å². The van der Waals surface area contributed by atoms with Gasteiger partial charge in [-0.1, -0.05) is 18.2 Å². The van der Waals surface area contributed by atoms with E-state index in [4.69, 9.17) is 0 Å². The van der Waals surface area contributed by atoms with E-state index in [0.29, 0.717) is 5.56 Å². The van der Waals surface area contributed by atoms with Crippen LogP contribution >= 0.6 is 22.6 Å². The molecule has 1 aromatic rings. The molecule has 0 spiro atoms. The quantitative estimate of drug-likeness (QED) is 0.807. The second-order valence-corrected chi connectivity index (χ2v) is 4.89. The molecule has 6 heteroatoms. The molecule has 0 aromatic heterocycles. The number of hydrogen-bond donors (Lipinski definition) is 1. The lowest BCUT2D eigenvalue weighted by molar-refractivity contribution is -0.0801. The molecule has 98 valence electrons. The summed E-state index contributed by atoms with van der Waals surface area (Å²) in [5, 5.41) is 2.56. The van der Waals surface area contributed by atoms with E-state index in [-0.39, 0.29) is 28.5 Å². The predicted octanol–water partition coefficient (Wildman–Crippen LogP) is 3.69. The molecular formula is C12H11F3INO. The maximum absolute atomic E-state index is 12.0. The molecule has 0 unspecified atom stereocenters. The molecule has 1 aromatic carbocycles. The fraction of sp³-hybridized carbons (Fsp3) is 0.250. The summed E-state index contributed by atoms with van der Waals surface area (Å²) < 4.78 is 36.1. The van der Waals surface area contributed by atoms with E-state index < -0.39 is 6.18 Å². The smallest absolute Gasteiger partial charge is 0.352 e. The monoisotopic (exact) mass is 369 g/mol. The largest absolute Gasteiger partial charge is 0.410 e. The molecule has 0 saturated carbocycles. The van der Waals surface area contributed by atoms with Gasteiger partial charge in [0.25, 0.3) is 5.91 Å². The molecule has 2 nitrogen and oxygen atoms in total. The van der Waals surface area contributed by atoms with Gasteiger partial charge in [0.1, 0.15) is 0 Å². The first-order valence-corrected chi connectivity index (χ1v) is 6.23. The Morgan fingerprint density at radius 2 is 1.89 bits per heavy atom. The van der Waals surface area contributed by atoms with E-state index in [1.54, 1.807) is 52.9 Å². The molecule has 0 heterocycles. The highest BCUT2D eigenvalue weighted by atomic mass is 127. The number of nitrogens with one attached hydrogen (secondary N) is 1. The first-order chi connectivity index (χ1) is 8.38. The topological polar surface area (TPSA) is 29.1 Å². The molecule has 0 bridgehead atoms. The van der Waals surface area contributed by atoms with Gasteiger partial charge in [0.2, 0.25) is 0 Å². The summed E-state index contributed by atoms with van der Waals surface area (Å²) in [4.78, 5) is 11.6. The third-order valence-corrected chi connectivity index (χ3v) is 2.86. The Balaban J connectivity index is 2.39. The van der Waals surface area contributed by atoms with Crippen molar-refractivity contribution >= 4 is 28.5 Å². The van der Waals surface area contributed by atoms with E-state index in [1.165, 1.54) is 0 Å². The van der Waals surface area contributed by atoms with Crippen LogP contribution < -0.4 is 5.32 Å². The first kappa shape index (κ1) is 15.0. The summed E-state index contributed by atoms with van der Waals surface area (Å²) in [5.74, 6) is -0.285. The van der Waals surface area contributed by atoms with Gasteiger partial charge in [-0.2, -0.15) is 13.2 Å². The van der Waals surface area contributed by atoms with Gasteiger partial charge in [0, 0.05) is 18.2 Å². The summed E-state index contributed by atoms with van der Waals surface area (Å²) >= 11 is 1.62. The minimum Gasteiger partial charge on any atom is -0.352 e. The Hall–Kier alpha value is -1.05. The Morgan fingerprint density at radius 1 is 1.28 bits per heavy atom. The summed E-state index contributed by atoms with van der Waals surface area (Å²) in [5.41, 5.74) is 0.493. The van der Waals surface area contributed by atoms with E-state index in [0.717, 1.165) is 0 Å². The number of allylic oxidation sites excluding steroid dienone is 1. The summed E-state index contributed by atoms with van der Waals surface area (Å²) in [6.07, 6.45) is -3.90. The van der Waals surface area contributed by atoms with Gasteiger partial charge in [-0.25, -0.2) is 0 Å². The molecular weight excluding hydrogens is 358 g/mol. The Kier molecular flexibility index (Phi) is 5.64. The number of carbonyl (C=O) groups is 1. The number of halogens is 4. The number of hydrogen-bond acceptors (Lipinski definition) is 1. The van der Waals surface area contributed by atoms with Crippen molar-refractivity contribution in [2.45, 2.75) is 12.6 Å². The predicted molar refractivity (Wildman–Crippen MR) is 71.6 cm³/mol. The molecule has 1 rings (SSSR count). The summed E-state index contributed by atoms with van der Waals surface area (Å²) in [6.45, 7) is 0.179. The standard InChI is InChI=1S/C12H11F3INO/c13-12(14,15)8-10(16)6-7-17-11(18)9-4-2-1-3-5-9/h1-5,8H,6-7H2,(H,17,18). The molecule has 0 atom stereocenters. The van der Waals surface area contributed by atoms with Gasteiger partial charge in [-0.15, -0.1) is 0 Å². The van der Waals surface area contributed by atoms with Crippen LogP contribution in [0.25, 0.3) is 0 Å². The molecule has 0 aliphatic carbocycles. The third kappa shape index (κ3) is 6.04. The molecule has 18 heavy (non-hydrogen) atoms. The average molecular weight is 369 g/mol. The SMILES string of the molecule is O=C(NCCC(I)=CC(F)(F)F)c1ccccc1. The first-order valence-electron chi connectivity index (χ1n) is 5.16. The lowest BCUT2D eigenvalue weighted by atomic mass is 10.2. The minimum absolute atomic E-state index is 0.161. The second kappa shape index (κ2) is 6.77. The van der Waals surface area contributed by atoms with Crippen molar-refractivity contribution in [2.24, 2.45) is 0 Å². The van der Waals surface area contributed by atoms with E-state index in [9.17, 15) is 18.0 Å². The Bertz CT molecular complexity index is 429. The highest BCUT2D eigenvalue weighted by Gasteiger charge is 2.23. The highest BCUT2D eigenvalue weighted by molar-refractivity contribution is 14.1. The van der Waals surface area contributed by atoms with Crippen LogP contribution in [-0.4, -0.2) is 18.6 Å². The van der Waals surface area contributed by atoms with E-state index >= 15 is 0 Å². The molecule has 0 aliphatic rings. The lowest BCUT2D eigenvalue weighted by Crippen LogP contribution is -2.24. The number of alkyl halides is 3. The number of carbonyl (C=O) groups excluding carboxylic acids is 1. The number of amides is 1. The molecule has 1 N–H and O–H groups in total. The van der Waals surface area contributed by atoms with Crippen molar-refractivity contribution in [1.29, 1.82) is 0 Å². The van der Waals surface area contributed by atoms with Crippen molar-refractivity contribution in [3.63, 3.8) is 0 Å². The maximum Gasteiger partial charge on any atom is 0.410 e. The van der Waals surface area contributed by atoms with Gasteiger partial charge in [-0.3, -0.25) is 4.79 Å². The molecule has 1 amide bonds. The maximum atomic E-state index is 12.0. The van der Waals surface area contributed by atoms with Crippen molar-refractivity contribution in [1.82, 2.24) is 5.32 Å². The van der Waals surface area contributed by atoms with E-state index in [2.05, 4.69) is 5.32 Å². The Labute approximate surface area is 116 Å². The lowest BCUT2D eigenvalue weighted by Gasteiger charge is -2.05. The fourth-order valence-corrected chi connectivity index (χ4v) is 1.86. The van der Waals surface area contributed by atoms with Crippen LogP contribution in [0.15, 0.2) is 40.0 Å². The van der Waals surface area contributed by atoms with Crippen LogP contribution in [0, 0.1) is 0 Å². The molecule has 0 fully saturated rings. The van der Waals surface area contributed by atoms with Crippen LogP contribution in [0.1, 0.15) is 16.8 Å². The zero-order chi connectivity index (χ0) is 13.6. The van der Waals surface area contributed by atoms with Crippen molar-refractivity contribution in [3.8, 4) is 0 Å². The van der Waals surface area contributed by atoms with Crippen LogP contribution in [0.4, 0.5) is 13.2 Å². The Morgan fingerprint density at radius 3 is 2.44 bits per heavy atom. The van der Waals surface area contributed by atoms with Crippen LogP contribution in [-0.2, 0) is 0 Å². The van der Waals surface area contributed by atoms with Gasteiger partial charge >= 0.3 is 6.18 Å². The average Bonchev–Trinajstić information content (AvgIpc) is 2.27. The van der Waals surface area contributed by atoms with Gasteiger partial charge in [0.05, 0.1) is 0 Å². The van der Waals surface area contributed by atoms with E-state index in [1.807, 2.05) is 0 Å². The minimum atomic E-state index is -4.31. The molecule has 0 saturated heterocycles.